The average molecular weight is 295 g/mol. The lowest BCUT2D eigenvalue weighted by Crippen LogP contribution is -2.35. The molecule has 22 heavy (non-hydrogen) atoms. The minimum absolute atomic E-state index is 0.435. The highest BCUT2D eigenvalue weighted by atomic mass is 16.3. The van der Waals surface area contributed by atoms with Crippen molar-refractivity contribution in [3.63, 3.8) is 0 Å². The molecular weight excluding hydrogens is 274 g/mol. The molecule has 0 fully saturated rings. The van der Waals surface area contributed by atoms with E-state index < -0.39 is 6.10 Å². The summed E-state index contributed by atoms with van der Waals surface area (Å²) in [6.07, 6.45) is 11.8. The Kier molecular flexibility index (Phi) is 5.22. The van der Waals surface area contributed by atoms with Gasteiger partial charge in [-0.25, -0.2) is 4.98 Å². The highest BCUT2D eigenvalue weighted by Crippen LogP contribution is 2.18. The first-order valence-corrected chi connectivity index (χ1v) is 7.24. The van der Waals surface area contributed by atoms with Gasteiger partial charge in [0.2, 0.25) is 0 Å². The van der Waals surface area contributed by atoms with Crippen LogP contribution in [0, 0.1) is 38.5 Å². The van der Waals surface area contributed by atoms with Crippen LogP contribution in [0.4, 0.5) is 0 Å². The molecule has 0 radical (unpaired) electrons. The fourth-order valence-corrected chi connectivity index (χ4v) is 2.48. The molecule has 2 rings (SSSR count). The maximum atomic E-state index is 10.3. The smallest absolute Gasteiger partial charge is 0.0959 e. The molecule has 4 heteroatoms. The predicted molar refractivity (Wildman–Crippen MR) is 89.3 cm³/mol. The van der Waals surface area contributed by atoms with Crippen molar-refractivity contribution in [1.82, 2.24) is 14.5 Å². The van der Waals surface area contributed by atoms with Crippen LogP contribution in [-0.4, -0.2) is 45.3 Å². The third-order valence-corrected chi connectivity index (χ3v) is 3.74. The molecule has 1 aromatic heterocycles. The summed E-state index contributed by atoms with van der Waals surface area (Å²) in [5.41, 5.74) is 4.40. The summed E-state index contributed by atoms with van der Waals surface area (Å²) in [5, 5.41) is 10.3. The second-order valence-electron chi connectivity index (χ2n) is 5.55. The highest BCUT2D eigenvalue weighted by Gasteiger charge is 2.13. The number of hydrogen-bond acceptors (Lipinski definition) is 3. The molecule has 114 valence electrons. The molecule has 0 aliphatic heterocycles. The fourth-order valence-electron chi connectivity index (χ4n) is 2.48. The van der Waals surface area contributed by atoms with Crippen LogP contribution in [0.1, 0.15) is 11.1 Å². The summed E-state index contributed by atoms with van der Waals surface area (Å²) in [7, 11) is 0. The summed E-state index contributed by atoms with van der Waals surface area (Å²) in [6.45, 7) is 5.92. The minimum Gasteiger partial charge on any atom is -0.390 e. The molecule has 2 aromatic rings. The van der Waals surface area contributed by atoms with Crippen LogP contribution in [0.25, 0.3) is 11.0 Å². The van der Waals surface area contributed by atoms with Gasteiger partial charge in [-0.2, -0.15) is 0 Å². The molecule has 0 aliphatic rings. The number of aromatic nitrogens is 2. The Hall–Kier alpha value is -2.27. The molecule has 0 aliphatic carbocycles. The van der Waals surface area contributed by atoms with Crippen LogP contribution < -0.4 is 0 Å². The van der Waals surface area contributed by atoms with E-state index in [0.29, 0.717) is 26.2 Å². The number of aryl methyl sites for hydroxylation is 2. The number of aliphatic hydroxyl groups excluding tert-OH is 1. The lowest BCUT2D eigenvalue weighted by molar-refractivity contribution is 0.111. The fraction of sp³-hybridized carbons (Fsp3) is 0.389. The number of imidazole rings is 1. The van der Waals surface area contributed by atoms with E-state index in [1.807, 2.05) is 9.47 Å². The summed E-state index contributed by atoms with van der Waals surface area (Å²) in [5.74, 6) is 5.12. The van der Waals surface area contributed by atoms with Crippen LogP contribution in [0.2, 0.25) is 0 Å². The number of nitrogens with zero attached hydrogens (tertiary/aromatic N) is 3. The third-order valence-electron chi connectivity index (χ3n) is 3.74. The van der Waals surface area contributed by atoms with Gasteiger partial charge in [-0.3, -0.25) is 4.90 Å². The van der Waals surface area contributed by atoms with Crippen LogP contribution in [-0.2, 0) is 6.54 Å². The average Bonchev–Trinajstić information content (AvgIpc) is 2.82. The zero-order valence-electron chi connectivity index (χ0n) is 13.1. The van der Waals surface area contributed by atoms with Crippen molar-refractivity contribution in [1.29, 1.82) is 0 Å². The van der Waals surface area contributed by atoms with Gasteiger partial charge in [-0.1, -0.05) is 11.8 Å². The normalized spacial score (nSPS) is 12.3. The molecule has 0 spiro atoms. The van der Waals surface area contributed by atoms with E-state index in [0.717, 1.165) is 11.0 Å². The lowest BCUT2D eigenvalue weighted by Gasteiger charge is -2.21. The zero-order valence-corrected chi connectivity index (χ0v) is 13.1. The van der Waals surface area contributed by atoms with Gasteiger partial charge in [0.15, 0.2) is 0 Å². The number of hydrogen-bond donors (Lipinski definition) is 1. The number of fused-ring (bicyclic) bond motifs is 1. The van der Waals surface area contributed by atoms with Crippen molar-refractivity contribution in [3.05, 3.63) is 29.6 Å². The monoisotopic (exact) mass is 295 g/mol. The summed E-state index contributed by atoms with van der Waals surface area (Å²) < 4.78 is 1.97. The van der Waals surface area contributed by atoms with Crippen molar-refractivity contribution < 1.29 is 5.11 Å². The van der Waals surface area contributed by atoms with Gasteiger partial charge < -0.3 is 9.67 Å². The highest BCUT2D eigenvalue weighted by molar-refractivity contribution is 5.77. The van der Waals surface area contributed by atoms with Gasteiger partial charge in [0.25, 0.3) is 0 Å². The molecule has 1 aromatic carbocycles. The Labute approximate surface area is 131 Å². The SMILES string of the molecule is C#CCN(CC#C)CC(O)Cn1cnc2cc(C)c(C)cc21. The van der Waals surface area contributed by atoms with E-state index in [1.54, 1.807) is 6.33 Å². The molecule has 0 amide bonds. The molecule has 1 heterocycles. The second-order valence-corrected chi connectivity index (χ2v) is 5.55. The van der Waals surface area contributed by atoms with Crippen molar-refractivity contribution in [2.24, 2.45) is 0 Å². The molecule has 0 bridgehead atoms. The van der Waals surface area contributed by atoms with Crippen molar-refractivity contribution in [2.75, 3.05) is 19.6 Å². The van der Waals surface area contributed by atoms with Crippen LogP contribution >= 0.6 is 0 Å². The van der Waals surface area contributed by atoms with Gasteiger partial charge >= 0.3 is 0 Å². The van der Waals surface area contributed by atoms with Crippen LogP contribution in [0.5, 0.6) is 0 Å². The predicted octanol–water partition coefficient (Wildman–Crippen LogP) is 1.58. The van der Waals surface area contributed by atoms with Crippen LogP contribution in [0.3, 0.4) is 0 Å². The second kappa shape index (κ2) is 7.13. The largest absolute Gasteiger partial charge is 0.390 e. The Bertz CT molecular complexity index is 717. The minimum atomic E-state index is -0.555. The van der Waals surface area contributed by atoms with Gasteiger partial charge in [-0.05, 0) is 37.1 Å². The van der Waals surface area contributed by atoms with Crippen molar-refractivity contribution in [2.45, 2.75) is 26.5 Å². The van der Waals surface area contributed by atoms with Gasteiger partial charge in [0, 0.05) is 6.54 Å². The number of terminal acetylenes is 2. The Morgan fingerprint density at radius 1 is 1.23 bits per heavy atom. The van der Waals surface area contributed by atoms with E-state index in [1.165, 1.54) is 11.1 Å². The standard InChI is InChI=1S/C18H21N3O/c1-5-7-20(8-6-2)11-16(22)12-21-13-19-17-9-14(3)15(4)10-18(17)21/h1-2,9-10,13,16,22H,7-8,11-12H2,3-4H3. The van der Waals surface area contributed by atoms with Gasteiger partial charge in [0.05, 0.1) is 43.1 Å². The molecular formula is C18H21N3O. The van der Waals surface area contributed by atoms with Gasteiger partial charge in [0.1, 0.15) is 0 Å². The van der Waals surface area contributed by atoms with E-state index in [2.05, 4.69) is 42.8 Å². The van der Waals surface area contributed by atoms with E-state index in [4.69, 9.17) is 12.8 Å². The number of aliphatic hydroxyl groups is 1. The van der Waals surface area contributed by atoms with Crippen LogP contribution in [0.15, 0.2) is 18.5 Å². The summed E-state index contributed by atoms with van der Waals surface area (Å²) in [4.78, 5) is 6.27. The molecule has 1 N–H and O–H groups in total. The first-order chi connectivity index (χ1) is 10.5. The van der Waals surface area contributed by atoms with Gasteiger partial charge in [-0.15, -0.1) is 12.8 Å². The summed E-state index contributed by atoms with van der Waals surface area (Å²) in [6, 6.07) is 4.17. The van der Waals surface area contributed by atoms with E-state index in [-0.39, 0.29) is 0 Å². The Morgan fingerprint density at radius 3 is 2.50 bits per heavy atom. The molecule has 1 atom stereocenters. The number of rotatable bonds is 6. The van der Waals surface area contributed by atoms with E-state index in [9.17, 15) is 5.11 Å². The first kappa shape index (κ1) is 16.1. The third kappa shape index (κ3) is 3.68. The topological polar surface area (TPSA) is 41.3 Å². The maximum Gasteiger partial charge on any atom is 0.0959 e. The molecule has 4 nitrogen and oxygen atoms in total. The Morgan fingerprint density at radius 2 is 1.86 bits per heavy atom. The quantitative estimate of drug-likeness (QED) is 0.823. The number of benzene rings is 1. The summed E-state index contributed by atoms with van der Waals surface area (Å²) >= 11 is 0. The zero-order chi connectivity index (χ0) is 16.1. The Balaban J connectivity index is 2.12. The van der Waals surface area contributed by atoms with Crippen molar-refractivity contribution in [3.8, 4) is 24.7 Å². The molecule has 1 unspecified atom stereocenters. The maximum absolute atomic E-state index is 10.3. The van der Waals surface area contributed by atoms with E-state index >= 15 is 0 Å². The lowest BCUT2D eigenvalue weighted by atomic mass is 10.1. The molecule has 0 saturated carbocycles. The van der Waals surface area contributed by atoms with Crippen molar-refractivity contribution >= 4 is 11.0 Å². The first-order valence-electron chi connectivity index (χ1n) is 7.24. The molecule has 0 saturated heterocycles.